The number of hydrogen-bond donors (Lipinski definition) is 1. The van der Waals surface area contributed by atoms with E-state index < -0.39 is 16.1 Å². The van der Waals surface area contributed by atoms with Crippen LogP contribution in [-0.4, -0.2) is 42.1 Å². The van der Waals surface area contributed by atoms with Gasteiger partial charge in [-0.25, -0.2) is 13.0 Å². The van der Waals surface area contributed by atoms with E-state index in [9.17, 15) is 17.8 Å². The van der Waals surface area contributed by atoms with E-state index in [2.05, 4.69) is 98.0 Å². The van der Waals surface area contributed by atoms with Gasteiger partial charge in [0, 0.05) is 35.5 Å². The minimum absolute atomic E-state index is 0.213. The number of para-hydroxylation sites is 1. The Hall–Kier alpha value is -3.82. The fraction of sp³-hybridized carbons (Fsp3) is 0.432. The van der Waals surface area contributed by atoms with Crippen LogP contribution in [0, 0.1) is 0 Å². The number of hydrogen-bond acceptors (Lipinski definition) is 6. The summed E-state index contributed by atoms with van der Waals surface area (Å²) in [6.07, 6.45) is 17.8. The first kappa shape index (κ1) is 33.5. The number of aliphatic carboxylic acids is 1. The van der Waals surface area contributed by atoms with Crippen molar-refractivity contribution in [3.05, 3.63) is 101 Å². The first-order valence-electron chi connectivity index (χ1n) is 16.2. The van der Waals surface area contributed by atoms with Gasteiger partial charge in [0.15, 0.2) is 5.71 Å². The van der Waals surface area contributed by atoms with Crippen LogP contribution in [0.15, 0.2) is 94.8 Å². The first-order valence-corrected chi connectivity index (χ1v) is 17.8. The van der Waals surface area contributed by atoms with Gasteiger partial charge >= 0.3 is 11.8 Å². The average molecular weight is 644 g/mol. The number of nitrogens with zero attached hydrogens (tertiary/aromatic N) is 3. The molecule has 0 unspecified atom stereocenters. The minimum Gasteiger partial charge on any atom is -0.748 e. The second-order valence-corrected chi connectivity index (χ2v) is 15.0. The molecule has 0 bridgehead atoms. The van der Waals surface area contributed by atoms with Crippen LogP contribution in [-0.2, 0) is 32.3 Å². The van der Waals surface area contributed by atoms with Crippen molar-refractivity contribution in [2.45, 2.75) is 90.0 Å². The molecule has 1 aliphatic carbocycles. The molecule has 0 atom stereocenters. The van der Waals surface area contributed by atoms with Crippen LogP contribution in [0.4, 0.5) is 11.5 Å². The molecule has 0 saturated carbocycles. The van der Waals surface area contributed by atoms with Crippen LogP contribution in [0.2, 0.25) is 0 Å². The molecule has 5 rings (SSSR count). The zero-order chi connectivity index (χ0) is 33.1. The molecule has 1 aromatic carbocycles. The Morgan fingerprint density at radius 2 is 1.74 bits per heavy atom. The predicted molar refractivity (Wildman–Crippen MR) is 181 cm³/mol. The largest absolute Gasteiger partial charge is 0.748 e. The lowest BCUT2D eigenvalue weighted by Gasteiger charge is -2.27. The Kier molecular flexibility index (Phi) is 9.84. The zero-order valence-corrected chi connectivity index (χ0v) is 28.1. The lowest BCUT2D eigenvalue weighted by Crippen LogP contribution is -2.34. The van der Waals surface area contributed by atoms with Crippen molar-refractivity contribution < 1.29 is 27.4 Å². The Morgan fingerprint density at radius 1 is 0.978 bits per heavy atom. The second-order valence-electron chi connectivity index (χ2n) is 13.5. The van der Waals surface area contributed by atoms with E-state index in [0.29, 0.717) is 13.0 Å². The molecule has 3 heterocycles. The number of aryl methyl sites for hydroxylation is 1. The van der Waals surface area contributed by atoms with Crippen molar-refractivity contribution >= 4 is 33.3 Å². The first-order chi connectivity index (χ1) is 21.8. The van der Waals surface area contributed by atoms with Crippen molar-refractivity contribution in [1.82, 2.24) is 0 Å². The minimum atomic E-state index is -4.26. The zero-order valence-electron chi connectivity index (χ0n) is 27.3. The molecule has 46 heavy (non-hydrogen) atoms. The molecule has 0 radical (unpaired) electrons. The van der Waals surface area contributed by atoms with Gasteiger partial charge < -0.3 is 14.6 Å². The summed E-state index contributed by atoms with van der Waals surface area (Å²) in [5.41, 5.74) is 7.57. The third kappa shape index (κ3) is 7.42. The third-order valence-electron chi connectivity index (χ3n) is 9.43. The summed E-state index contributed by atoms with van der Waals surface area (Å²) in [6, 6.07) is 12.4. The number of benzene rings is 1. The fourth-order valence-corrected chi connectivity index (χ4v) is 7.28. The highest BCUT2D eigenvalue weighted by Crippen LogP contribution is 2.47. The van der Waals surface area contributed by atoms with Crippen LogP contribution in [0.5, 0.6) is 0 Å². The smallest absolute Gasteiger partial charge is 0.327 e. The summed E-state index contributed by atoms with van der Waals surface area (Å²) >= 11 is 0. The summed E-state index contributed by atoms with van der Waals surface area (Å²) in [6.45, 7) is 10.1. The normalized spacial score (nSPS) is 20.0. The Bertz CT molecular complexity index is 1760. The van der Waals surface area contributed by atoms with Crippen LogP contribution in [0.3, 0.4) is 0 Å². The van der Waals surface area contributed by atoms with Crippen molar-refractivity contribution in [3.8, 4) is 0 Å². The van der Waals surface area contributed by atoms with Gasteiger partial charge in [-0.1, -0.05) is 50.3 Å². The van der Waals surface area contributed by atoms with E-state index >= 15 is 0 Å². The number of carbonyl (C=O) groups is 1. The molecule has 9 heteroatoms. The molecule has 0 saturated heterocycles. The summed E-state index contributed by atoms with van der Waals surface area (Å²) in [5.74, 6) is -0.135. The van der Waals surface area contributed by atoms with Crippen LogP contribution in [0.1, 0.15) is 83.8 Å². The van der Waals surface area contributed by atoms with E-state index in [0.717, 1.165) is 55.1 Å². The van der Waals surface area contributed by atoms with Gasteiger partial charge in [0.2, 0.25) is 0 Å². The Balaban J connectivity index is 1.31. The molecule has 244 valence electrons. The maximum absolute atomic E-state index is 11.3. The number of rotatable bonds is 13. The number of aliphatic imine (C=N–C) groups is 1. The van der Waals surface area contributed by atoms with Crippen molar-refractivity contribution in [3.63, 3.8) is 0 Å². The van der Waals surface area contributed by atoms with Crippen LogP contribution >= 0.6 is 0 Å². The van der Waals surface area contributed by atoms with Gasteiger partial charge in [-0.2, -0.15) is 0 Å². The number of fused-ring (bicyclic) bond motifs is 2. The SMILES string of the molecule is CC1(C)C(/C=C/C2=CC(=C/C=C3/N(CCCS(=O)(=O)[O-])c4ccccc4C3(C)C)/CC2)=Nc2c1ccc[n+]2CCCCCC(=O)O. The van der Waals surface area contributed by atoms with Crippen LogP contribution in [0.25, 0.3) is 0 Å². The predicted octanol–water partition coefficient (Wildman–Crippen LogP) is 6.80. The molecular formula is C37H45N3O5S. The molecule has 3 aliphatic rings. The molecule has 1 N–H and O–H groups in total. The molecular weight excluding hydrogens is 598 g/mol. The van der Waals surface area contributed by atoms with Crippen molar-refractivity contribution in [1.29, 1.82) is 0 Å². The van der Waals surface area contributed by atoms with Gasteiger partial charge in [0.25, 0.3) is 0 Å². The number of pyridine rings is 1. The van der Waals surface area contributed by atoms with E-state index in [4.69, 9.17) is 10.1 Å². The number of carboxylic acids is 1. The molecule has 2 aliphatic heterocycles. The highest BCUT2D eigenvalue weighted by Gasteiger charge is 2.42. The van der Waals surface area contributed by atoms with E-state index in [1.165, 1.54) is 22.3 Å². The number of anilines is 1. The number of allylic oxidation sites excluding steroid dienone is 8. The number of carboxylic acid groups (broad SMARTS) is 1. The van der Waals surface area contributed by atoms with Crippen molar-refractivity contribution in [2.75, 3.05) is 17.2 Å². The van der Waals surface area contributed by atoms with Crippen molar-refractivity contribution in [2.24, 2.45) is 4.99 Å². The number of unbranched alkanes of at least 4 members (excludes halogenated alkanes) is 2. The highest BCUT2D eigenvalue weighted by atomic mass is 32.2. The van der Waals surface area contributed by atoms with E-state index in [1.807, 2.05) is 12.1 Å². The van der Waals surface area contributed by atoms with Gasteiger partial charge in [-0.05, 0) is 104 Å². The molecule has 1 aromatic heterocycles. The third-order valence-corrected chi connectivity index (χ3v) is 10.2. The summed E-state index contributed by atoms with van der Waals surface area (Å²) in [4.78, 5) is 18.1. The van der Waals surface area contributed by atoms with Crippen LogP contribution < -0.4 is 9.47 Å². The average Bonchev–Trinajstić information content (AvgIpc) is 3.61. The molecule has 0 spiro atoms. The molecule has 8 nitrogen and oxygen atoms in total. The van der Waals surface area contributed by atoms with E-state index in [-0.39, 0.29) is 29.4 Å². The molecule has 0 amide bonds. The van der Waals surface area contributed by atoms with E-state index in [1.54, 1.807) is 0 Å². The van der Waals surface area contributed by atoms with Gasteiger partial charge in [0.05, 0.1) is 33.8 Å². The lowest BCUT2D eigenvalue weighted by atomic mass is 9.82. The number of aromatic nitrogens is 1. The second kappa shape index (κ2) is 13.5. The monoisotopic (exact) mass is 643 g/mol. The quantitative estimate of drug-likeness (QED) is 0.146. The molecule has 2 aromatic rings. The maximum Gasteiger partial charge on any atom is 0.327 e. The van der Waals surface area contributed by atoms with Gasteiger partial charge in [-0.3, -0.25) is 4.79 Å². The Labute approximate surface area is 273 Å². The summed E-state index contributed by atoms with van der Waals surface area (Å²) in [7, 11) is -4.26. The Morgan fingerprint density at radius 3 is 2.50 bits per heavy atom. The standard InChI is InChI=1S/C37H45N3O5S/c1-36(2)30-13-10-23-39(22-9-5-6-15-34(41)42)35(30)38-32(36)20-18-27-16-17-28(26-27)19-21-33-37(3,4)29-12-7-8-14-31(29)40(33)24-11-25-46(43,44)45/h7-8,10,12-14,18-21,23,26H,5-6,9,11,15-17,22,24-25H2,1-4H3,(H-,41,42,43,44,45). The summed E-state index contributed by atoms with van der Waals surface area (Å²) < 4.78 is 36.0. The van der Waals surface area contributed by atoms with Gasteiger partial charge in [-0.15, -0.1) is 0 Å². The fourth-order valence-electron chi connectivity index (χ4n) is 6.80. The van der Waals surface area contributed by atoms with Gasteiger partial charge in [0.1, 0.15) is 0 Å². The molecule has 0 fully saturated rings. The lowest BCUT2D eigenvalue weighted by molar-refractivity contribution is -0.684. The topological polar surface area (TPSA) is 114 Å². The summed E-state index contributed by atoms with van der Waals surface area (Å²) in [5, 5.41) is 8.90. The maximum atomic E-state index is 11.3. The highest BCUT2D eigenvalue weighted by molar-refractivity contribution is 7.85.